The standard InChI is InChI=1S/C9H18BN/c1-9-3-7-11(8-4-9)6-2-5-10/h9H,2-8H2,1H3. The predicted octanol–water partition coefficient (Wildman–Crippen LogP) is 1.70. The largest absolute Gasteiger partial charge is 0.303 e. The van der Waals surface area contributed by atoms with Crippen molar-refractivity contribution in [1.82, 2.24) is 4.90 Å². The quantitative estimate of drug-likeness (QED) is 0.555. The van der Waals surface area contributed by atoms with E-state index >= 15 is 0 Å². The van der Waals surface area contributed by atoms with Gasteiger partial charge in [0.2, 0.25) is 0 Å². The maximum absolute atomic E-state index is 5.45. The lowest BCUT2D eigenvalue weighted by atomic mass is 9.97. The van der Waals surface area contributed by atoms with E-state index in [2.05, 4.69) is 11.8 Å². The van der Waals surface area contributed by atoms with E-state index in [1.165, 1.54) is 32.5 Å². The van der Waals surface area contributed by atoms with Crippen molar-refractivity contribution in [1.29, 1.82) is 0 Å². The molecule has 0 bridgehead atoms. The minimum Gasteiger partial charge on any atom is -0.303 e. The Balaban J connectivity index is 2.07. The zero-order valence-corrected chi connectivity index (χ0v) is 7.55. The molecule has 1 saturated heterocycles. The molecule has 2 radical (unpaired) electrons. The first-order valence-electron chi connectivity index (χ1n) is 4.75. The molecule has 11 heavy (non-hydrogen) atoms. The highest BCUT2D eigenvalue weighted by atomic mass is 15.1. The van der Waals surface area contributed by atoms with Crippen molar-refractivity contribution in [3.63, 3.8) is 0 Å². The molecule has 0 saturated carbocycles. The summed E-state index contributed by atoms with van der Waals surface area (Å²) < 4.78 is 0. The number of hydrogen-bond donors (Lipinski definition) is 0. The normalized spacial score (nSPS) is 22.3. The van der Waals surface area contributed by atoms with Gasteiger partial charge in [-0.25, -0.2) is 0 Å². The number of nitrogens with zero attached hydrogens (tertiary/aromatic N) is 1. The Hall–Kier alpha value is 0.0249. The lowest BCUT2D eigenvalue weighted by Gasteiger charge is -2.29. The summed E-state index contributed by atoms with van der Waals surface area (Å²) in [6.07, 6.45) is 4.76. The van der Waals surface area contributed by atoms with E-state index in [-0.39, 0.29) is 0 Å². The Bertz CT molecular complexity index is 95.0. The van der Waals surface area contributed by atoms with Crippen molar-refractivity contribution >= 4 is 7.85 Å². The van der Waals surface area contributed by atoms with Crippen LogP contribution in [0.3, 0.4) is 0 Å². The van der Waals surface area contributed by atoms with Crippen LogP contribution in [0, 0.1) is 5.92 Å². The van der Waals surface area contributed by atoms with E-state index in [1.807, 2.05) is 0 Å². The third-order valence-corrected chi connectivity index (χ3v) is 2.55. The van der Waals surface area contributed by atoms with Crippen LogP contribution in [0.2, 0.25) is 6.32 Å². The van der Waals surface area contributed by atoms with Crippen LogP contribution in [0.5, 0.6) is 0 Å². The number of hydrogen-bond acceptors (Lipinski definition) is 1. The molecule has 0 aliphatic carbocycles. The van der Waals surface area contributed by atoms with Gasteiger partial charge in [0.15, 0.2) is 0 Å². The Labute approximate surface area is 71.6 Å². The van der Waals surface area contributed by atoms with Crippen LogP contribution in [-0.2, 0) is 0 Å². The monoisotopic (exact) mass is 151 g/mol. The van der Waals surface area contributed by atoms with Gasteiger partial charge in [-0.15, -0.1) is 0 Å². The molecule has 0 aromatic rings. The summed E-state index contributed by atoms with van der Waals surface area (Å²) in [6, 6.07) is 0. The molecule has 1 aliphatic heterocycles. The topological polar surface area (TPSA) is 3.24 Å². The fourth-order valence-electron chi connectivity index (χ4n) is 1.60. The first-order chi connectivity index (χ1) is 5.33. The minimum atomic E-state index is 0.839. The summed E-state index contributed by atoms with van der Waals surface area (Å²) in [5.41, 5.74) is 0. The van der Waals surface area contributed by atoms with Crippen LogP contribution >= 0.6 is 0 Å². The van der Waals surface area contributed by atoms with Crippen molar-refractivity contribution < 1.29 is 0 Å². The van der Waals surface area contributed by atoms with Crippen molar-refractivity contribution in [3.8, 4) is 0 Å². The van der Waals surface area contributed by atoms with Gasteiger partial charge >= 0.3 is 0 Å². The van der Waals surface area contributed by atoms with E-state index in [4.69, 9.17) is 7.85 Å². The molecule has 0 aromatic carbocycles. The van der Waals surface area contributed by atoms with E-state index in [1.54, 1.807) is 0 Å². The van der Waals surface area contributed by atoms with Gasteiger partial charge in [-0.1, -0.05) is 13.2 Å². The number of piperidine rings is 1. The zero-order valence-electron chi connectivity index (χ0n) is 7.55. The zero-order chi connectivity index (χ0) is 8.10. The molecule has 1 nitrogen and oxygen atoms in total. The minimum absolute atomic E-state index is 0.839. The van der Waals surface area contributed by atoms with Crippen molar-refractivity contribution in [2.75, 3.05) is 19.6 Å². The predicted molar refractivity (Wildman–Crippen MR) is 50.0 cm³/mol. The third-order valence-electron chi connectivity index (χ3n) is 2.55. The molecule has 0 aromatic heterocycles. The smallest absolute Gasteiger partial charge is 0.0653 e. The molecule has 1 rings (SSSR count). The first-order valence-corrected chi connectivity index (χ1v) is 4.75. The molecular formula is C9H18BN. The van der Waals surface area contributed by atoms with Crippen molar-refractivity contribution in [2.24, 2.45) is 5.92 Å². The maximum atomic E-state index is 5.45. The molecule has 62 valence electrons. The maximum Gasteiger partial charge on any atom is 0.0653 e. The van der Waals surface area contributed by atoms with Gasteiger partial charge in [0.05, 0.1) is 7.85 Å². The van der Waals surface area contributed by atoms with Crippen LogP contribution in [0.1, 0.15) is 26.2 Å². The van der Waals surface area contributed by atoms with Gasteiger partial charge in [0.1, 0.15) is 0 Å². The fraction of sp³-hybridized carbons (Fsp3) is 1.00. The van der Waals surface area contributed by atoms with Crippen LogP contribution < -0.4 is 0 Å². The highest BCUT2D eigenvalue weighted by molar-refractivity contribution is 6.08. The molecule has 1 heterocycles. The summed E-state index contributed by atoms with van der Waals surface area (Å²) in [7, 11) is 5.45. The summed E-state index contributed by atoms with van der Waals surface area (Å²) in [6.45, 7) is 6.14. The van der Waals surface area contributed by atoms with E-state index in [9.17, 15) is 0 Å². The molecular weight excluding hydrogens is 133 g/mol. The summed E-state index contributed by atoms with van der Waals surface area (Å²) >= 11 is 0. The first kappa shape index (κ1) is 9.12. The van der Waals surface area contributed by atoms with Gasteiger partial charge in [0, 0.05) is 0 Å². The Morgan fingerprint density at radius 3 is 2.55 bits per heavy atom. The van der Waals surface area contributed by atoms with E-state index in [0.29, 0.717) is 0 Å². The summed E-state index contributed by atoms with van der Waals surface area (Å²) in [5, 5.41) is 0. The molecule has 0 unspecified atom stereocenters. The molecule has 0 amide bonds. The highest BCUT2D eigenvalue weighted by Gasteiger charge is 2.13. The van der Waals surface area contributed by atoms with Gasteiger partial charge in [0.25, 0.3) is 0 Å². The van der Waals surface area contributed by atoms with Crippen LogP contribution in [-0.4, -0.2) is 32.4 Å². The molecule has 1 fully saturated rings. The lowest BCUT2D eigenvalue weighted by Crippen LogP contribution is -2.33. The summed E-state index contributed by atoms with van der Waals surface area (Å²) in [5.74, 6) is 0.948. The lowest BCUT2D eigenvalue weighted by molar-refractivity contribution is 0.193. The second kappa shape index (κ2) is 4.81. The summed E-state index contributed by atoms with van der Waals surface area (Å²) in [4.78, 5) is 2.53. The Kier molecular flexibility index (Phi) is 3.99. The molecule has 0 N–H and O–H groups in total. The van der Waals surface area contributed by atoms with Gasteiger partial charge in [-0.2, -0.15) is 0 Å². The van der Waals surface area contributed by atoms with Gasteiger partial charge < -0.3 is 4.90 Å². The average Bonchev–Trinajstić information content (AvgIpc) is 2.04. The fourth-order valence-corrected chi connectivity index (χ4v) is 1.60. The number of likely N-dealkylation sites (tertiary alicyclic amines) is 1. The van der Waals surface area contributed by atoms with Crippen LogP contribution in [0.4, 0.5) is 0 Å². The van der Waals surface area contributed by atoms with E-state index in [0.717, 1.165) is 18.7 Å². The third kappa shape index (κ3) is 3.28. The second-order valence-corrected chi connectivity index (χ2v) is 3.67. The van der Waals surface area contributed by atoms with Crippen molar-refractivity contribution in [3.05, 3.63) is 0 Å². The van der Waals surface area contributed by atoms with Gasteiger partial charge in [-0.3, -0.25) is 0 Å². The second-order valence-electron chi connectivity index (χ2n) is 3.67. The Morgan fingerprint density at radius 2 is 2.00 bits per heavy atom. The molecule has 0 atom stereocenters. The van der Waals surface area contributed by atoms with Crippen LogP contribution in [0.15, 0.2) is 0 Å². The number of rotatable bonds is 3. The highest BCUT2D eigenvalue weighted by Crippen LogP contribution is 2.15. The average molecular weight is 151 g/mol. The molecule has 0 spiro atoms. The SMILES string of the molecule is [B]CCCN1CCC(C)CC1. The van der Waals surface area contributed by atoms with Gasteiger partial charge in [-0.05, 0) is 44.8 Å². The Morgan fingerprint density at radius 1 is 1.36 bits per heavy atom. The molecule has 2 heteroatoms. The van der Waals surface area contributed by atoms with Crippen molar-refractivity contribution in [2.45, 2.75) is 32.5 Å². The molecule has 1 aliphatic rings. The van der Waals surface area contributed by atoms with Crippen LogP contribution in [0.25, 0.3) is 0 Å². The van der Waals surface area contributed by atoms with E-state index < -0.39 is 0 Å².